The molecule has 1 aromatic carbocycles. The first-order chi connectivity index (χ1) is 15.9. The van der Waals surface area contributed by atoms with E-state index in [0.717, 1.165) is 25.0 Å². The van der Waals surface area contributed by atoms with Gasteiger partial charge < -0.3 is 14.8 Å². The number of esters is 2. The smallest absolute Gasteiger partial charge is 0.435 e. The Morgan fingerprint density at radius 3 is 2.29 bits per heavy atom. The highest BCUT2D eigenvalue weighted by Crippen LogP contribution is 2.39. The number of alkyl halides is 6. The van der Waals surface area contributed by atoms with Crippen LogP contribution in [0.2, 0.25) is 0 Å². The van der Waals surface area contributed by atoms with Crippen LogP contribution in [0.4, 0.5) is 32.0 Å². The van der Waals surface area contributed by atoms with Gasteiger partial charge in [-0.05, 0) is 43.9 Å². The number of ether oxygens (including phenoxy) is 2. The van der Waals surface area contributed by atoms with Crippen molar-refractivity contribution in [2.75, 3.05) is 19.5 Å². The van der Waals surface area contributed by atoms with Crippen LogP contribution in [0.25, 0.3) is 5.69 Å². The Morgan fingerprint density at radius 1 is 1.03 bits per heavy atom. The van der Waals surface area contributed by atoms with Crippen molar-refractivity contribution in [3.05, 3.63) is 52.5 Å². The summed E-state index contributed by atoms with van der Waals surface area (Å²) in [5.74, 6) is -2.13. The summed E-state index contributed by atoms with van der Waals surface area (Å²) in [7, 11) is 1.99. The molecule has 0 atom stereocenters. The number of nitrogens with zero attached hydrogens (tertiary/aromatic N) is 2. The predicted molar refractivity (Wildman–Crippen MR) is 106 cm³/mol. The zero-order chi connectivity index (χ0) is 25.3. The van der Waals surface area contributed by atoms with Crippen LogP contribution in [0.1, 0.15) is 35.4 Å². The van der Waals surface area contributed by atoms with Crippen molar-refractivity contribution in [1.82, 2.24) is 9.78 Å². The number of aromatic nitrogens is 2. The molecule has 3 rings (SSSR count). The van der Waals surface area contributed by atoms with Crippen molar-refractivity contribution in [3.8, 4) is 5.69 Å². The second kappa shape index (κ2) is 9.39. The van der Waals surface area contributed by atoms with Crippen LogP contribution in [0.5, 0.6) is 0 Å². The van der Waals surface area contributed by atoms with Gasteiger partial charge in [0.05, 0.1) is 37.2 Å². The lowest BCUT2D eigenvalue weighted by Crippen LogP contribution is -2.18. The normalized spacial score (nSPS) is 14.4. The number of fused-ring (bicyclic) bond motifs is 1. The maximum absolute atomic E-state index is 13.6. The molecular weight excluding hydrogens is 472 g/mol. The number of carbonyl (C=O) groups is 2. The van der Waals surface area contributed by atoms with Crippen LogP contribution in [0.15, 0.2) is 30.0 Å². The Labute approximate surface area is 189 Å². The van der Waals surface area contributed by atoms with E-state index in [0.29, 0.717) is 31.1 Å². The van der Waals surface area contributed by atoms with Crippen LogP contribution in [-0.4, -0.2) is 35.9 Å². The first-order valence-corrected chi connectivity index (χ1v) is 9.91. The Balaban J connectivity index is 2.23. The molecule has 0 aliphatic heterocycles. The van der Waals surface area contributed by atoms with Crippen molar-refractivity contribution in [2.24, 2.45) is 0 Å². The number of halogens is 6. The molecule has 7 nitrogen and oxygen atoms in total. The lowest BCUT2D eigenvalue weighted by molar-refractivity contribution is -0.142. The third kappa shape index (κ3) is 5.18. The van der Waals surface area contributed by atoms with Gasteiger partial charge in [-0.2, -0.15) is 31.4 Å². The molecule has 0 amide bonds. The van der Waals surface area contributed by atoms with Gasteiger partial charge in [0, 0.05) is 11.3 Å². The molecule has 1 aliphatic carbocycles. The molecule has 1 heterocycles. The molecule has 0 bridgehead atoms. The fraction of sp³-hybridized carbons (Fsp3) is 0.381. The Bertz CT molecular complexity index is 1130. The van der Waals surface area contributed by atoms with Gasteiger partial charge in [0.25, 0.3) is 0 Å². The van der Waals surface area contributed by atoms with E-state index < -0.39 is 46.9 Å². The third-order valence-corrected chi connectivity index (χ3v) is 5.14. The molecule has 34 heavy (non-hydrogen) atoms. The zero-order valence-electron chi connectivity index (χ0n) is 17.9. The van der Waals surface area contributed by atoms with E-state index in [1.807, 2.05) is 0 Å². The molecule has 0 saturated heterocycles. The molecule has 0 saturated carbocycles. The maximum atomic E-state index is 13.6. The first-order valence-electron chi connectivity index (χ1n) is 9.91. The molecular formula is C21H19F6N3O4. The molecule has 184 valence electrons. The molecule has 1 aromatic heterocycles. The summed E-state index contributed by atoms with van der Waals surface area (Å²) in [6.45, 7) is 0. The van der Waals surface area contributed by atoms with E-state index >= 15 is 0 Å². The Kier molecular flexibility index (Phi) is 6.94. The zero-order valence-corrected chi connectivity index (χ0v) is 17.9. The molecule has 0 unspecified atom stereocenters. The number of hydrogen-bond donors (Lipinski definition) is 1. The van der Waals surface area contributed by atoms with Crippen LogP contribution in [0.3, 0.4) is 0 Å². The van der Waals surface area contributed by atoms with Crippen LogP contribution in [0, 0.1) is 0 Å². The van der Waals surface area contributed by atoms with Gasteiger partial charge in [-0.15, -0.1) is 0 Å². The van der Waals surface area contributed by atoms with Crippen molar-refractivity contribution >= 4 is 17.6 Å². The van der Waals surface area contributed by atoms with E-state index in [1.165, 1.54) is 0 Å². The first kappa shape index (κ1) is 25.1. The summed E-state index contributed by atoms with van der Waals surface area (Å²) >= 11 is 0. The summed E-state index contributed by atoms with van der Waals surface area (Å²) in [4.78, 5) is 23.8. The number of rotatable bonds is 5. The van der Waals surface area contributed by atoms with Crippen molar-refractivity contribution < 1.29 is 45.4 Å². The number of methoxy groups -OCH3 is 2. The molecule has 1 aliphatic rings. The summed E-state index contributed by atoms with van der Waals surface area (Å²) in [6.07, 6.45) is -7.51. The number of benzene rings is 1. The van der Waals surface area contributed by atoms with E-state index in [2.05, 4.69) is 19.9 Å². The fourth-order valence-corrected chi connectivity index (χ4v) is 3.60. The van der Waals surface area contributed by atoms with Crippen molar-refractivity contribution in [3.63, 3.8) is 0 Å². The maximum Gasteiger partial charge on any atom is 0.435 e. The molecule has 13 heteroatoms. The Morgan fingerprint density at radius 2 is 1.71 bits per heavy atom. The minimum Gasteiger partial charge on any atom is -0.466 e. The minimum absolute atomic E-state index is 0.0251. The van der Waals surface area contributed by atoms with Gasteiger partial charge in [0.1, 0.15) is 5.70 Å². The van der Waals surface area contributed by atoms with E-state index in [4.69, 9.17) is 0 Å². The van der Waals surface area contributed by atoms with E-state index in [-0.39, 0.29) is 29.8 Å². The average Bonchev–Trinajstić information content (AvgIpc) is 3.17. The molecule has 0 fully saturated rings. The molecule has 0 radical (unpaired) electrons. The van der Waals surface area contributed by atoms with E-state index in [1.54, 1.807) is 0 Å². The standard InChI is InChI=1S/C21H19F6N3O4/c1-33-17(31)10-14(19(32)34-2)28-13-9-11(20(22,23)24)7-8-16(13)30-15-6-4-3-5-12(15)18(29-30)21(25,26)27/h7-10,28H,3-6H2,1-2H3/b14-10+. The number of nitrogens with one attached hydrogen (secondary N) is 1. The second-order valence-electron chi connectivity index (χ2n) is 7.32. The van der Waals surface area contributed by atoms with Gasteiger partial charge in [0.15, 0.2) is 5.69 Å². The quantitative estimate of drug-likeness (QED) is 0.379. The summed E-state index contributed by atoms with van der Waals surface area (Å²) in [5.41, 5.74) is -3.27. The highest BCUT2D eigenvalue weighted by atomic mass is 19.4. The highest BCUT2D eigenvalue weighted by Gasteiger charge is 2.40. The van der Waals surface area contributed by atoms with Crippen LogP contribution < -0.4 is 5.32 Å². The third-order valence-electron chi connectivity index (χ3n) is 5.14. The molecule has 1 N–H and O–H groups in total. The Hall–Kier alpha value is -3.51. The largest absolute Gasteiger partial charge is 0.466 e. The summed E-state index contributed by atoms with van der Waals surface area (Å²) in [5, 5.41) is 6.05. The topological polar surface area (TPSA) is 82.5 Å². The van der Waals surface area contributed by atoms with Crippen LogP contribution >= 0.6 is 0 Å². The van der Waals surface area contributed by atoms with Gasteiger partial charge in [-0.1, -0.05) is 0 Å². The lowest BCUT2D eigenvalue weighted by atomic mass is 9.95. The second-order valence-corrected chi connectivity index (χ2v) is 7.32. The number of anilines is 1. The molecule has 0 spiro atoms. The lowest BCUT2D eigenvalue weighted by Gasteiger charge is -2.19. The summed E-state index contributed by atoms with van der Waals surface area (Å²) < 4.78 is 90.9. The minimum atomic E-state index is -4.80. The van der Waals surface area contributed by atoms with E-state index in [9.17, 15) is 35.9 Å². The number of hydrogen-bond acceptors (Lipinski definition) is 6. The van der Waals surface area contributed by atoms with Crippen molar-refractivity contribution in [2.45, 2.75) is 38.0 Å². The van der Waals surface area contributed by atoms with Crippen molar-refractivity contribution in [1.29, 1.82) is 0 Å². The van der Waals surface area contributed by atoms with Gasteiger partial charge in [0.2, 0.25) is 0 Å². The van der Waals surface area contributed by atoms with Crippen LogP contribution in [-0.2, 0) is 44.3 Å². The average molecular weight is 491 g/mol. The van der Waals surface area contributed by atoms with Gasteiger partial charge in [-0.25, -0.2) is 14.3 Å². The predicted octanol–water partition coefficient (Wildman–Crippen LogP) is 4.43. The number of carbonyl (C=O) groups excluding carboxylic acids is 2. The van der Waals surface area contributed by atoms with Gasteiger partial charge in [-0.3, -0.25) is 0 Å². The monoisotopic (exact) mass is 491 g/mol. The molecule has 2 aromatic rings. The summed E-state index contributed by atoms with van der Waals surface area (Å²) in [6, 6.07) is 2.24. The highest BCUT2D eigenvalue weighted by molar-refractivity contribution is 5.99. The van der Waals surface area contributed by atoms with Gasteiger partial charge >= 0.3 is 24.3 Å². The fourth-order valence-electron chi connectivity index (χ4n) is 3.60. The SMILES string of the molecule is COC(=O)/C=C(/Nc1cc(C(F)(F)F)ccc1-n1nc(C(F)(F)F)c2c1CCCC2)C(=O)OC.